The summed E-state index contributed by atoms with van der Waals surface area (Å²) in [4.78, 5) is 11.0. The summed E-state index contributed by atoms with van der Waals surface area (Å²) in [5.74, 6) is -1.09. The van der Waals surface area contributed by atoms with Crippen LogP contribution in [0, 0.1) is 5.92 Å². The van der Waals surface area contributed by atoms with E-state index in [-0.39, 0.29) is 5.75 Å². The lowest BCUT2D eigenvalue weighted by Gasteiger charge is -2.21. The molecule has 16 heavy (non-hydrogen) atoms. The molecule has 1 atom stereocenters. The topological polar surface area (TPSA) is 57.5 Å². The van der Waals surface area contributed by atoms with Gasteiger partial charge in [0, 0.05) is 5.56 Å². The van der Waals surface area contributed by atoms with E-state index >= 15 is 0 Å². The number of carboxylic acid groups (broad SMARTS) is 1. The number of fused-ring (bicyclic) bond motifs is 1. The molecule has 0 saturated carbocycles. The van der Waals surface area contributed by atoms with Crippen molar-refractivity contribution in [3.63, 3.8) is 0 Å². The molecule has 2 N–H and O–H groups in total. The average molecular weight is 218 g/mol. The van der Waals surface area contributed by atoms with E-state index in [1.165, 1.54) is 0 Å². The largest absolute Gasteiger partial charge is 0.508 e. The highest BCUT2D eigenvalue weighted by molar-refractivity contribution is 5.88. The van der Waals surface area contributed by atoms with Crippen molar-refractivity contribution in [3.05, 3.63) is 35.4 Å². The molecule has 1 aliphatic rings. The maximum absolute atomic E-state index is 11.0. The zero-order valence-electron chi connectivity index (χ0n) is 9.10. The summed E-state index contributed by atoms with van der Waals surface area (Å²) >= 11 is 0. The summed E-state index contributed by atoms with van der Waals surface area (Å²) in [5, 5.41) is 18.7. The molecule has 3 nitrogen and oxygen atoms in total. The van der Waals surface area contributed by atoms with Crippen molar-refractivity contribution in [1.29, 1.82) is 0 Å². The standard InChI is InChI=1S/C13H14O3/c1-8(13(15)16)9-4-2-6-11-10(9)5-3-7-12(11)14/h3-5,7-8,14H,2,6H2,1H3,(H,15,16). The van der Waals surface area contributed by atoms with E-state index in [0.717, 1.165) is 29.5 Å². The first kappa shape index (κ1) is 10.7. The lowest BCUT2D eigenvalue weighted by atomic mass is 9.84. The number of phenolic OH excluding ortho intramolecular Hbond substituents is 1. The normalized spacial score (nSPS) is 16.2. The molecule has 0 fully saturated rings. The van der Waals surface area contributed by atoms with Gasteiger partial charge in [-0.05, 0) is 37.0 Å². The lowest BCUT2D eigenvalue weighted by molar-refractivity contribution is -0.139. The van der Waals surface area contributed by atoms with Gasteiger partial charge in [-0.3, -0.25) is 4.79 Å². The zero-order chi connectivity index (χ0) is 11.7. The van der Waals surface area contributed by atoms with Crippen molar-refractivity contribution in [2.45, 2.75) is 19.8 Å². The fourth-order valence-electron chi connectivity index (χ4n) is 2.13. The van der Waals surface area contributed by atoms with Gasteiger partial charge in [0.2, 0.25) is 0 Å². The second kappa shape index (κ2) is 4.00. The van der Waals surface area contributed by atoms with Crippen molar-refractivity contribution in [2.24, 2.45) is 5.92 Å². The first-order chi connectivity index (χ1) is 7.61. The predicted octanol–water partition coefficient (Wildman–Crippen LogP) is 2.44. The number of hydrogen-bond donors (Lipinski definition) is 2. The Morgan fingerprint density at radius 2 is 2.19 bits per heavy atom. The Balaban J connectivity index is 2.49. The second-order valence-electron chi connectivity index (χ2n) is 4.06. The Bertz CT molecular complexity index is 460. The Morgan fingerprint density at radius 1 is 1.44 bits per heavy atom. The van der Waals surface area contributed by atoms with Gasteiger partial charge in [0.1, 0.15) is 5.75 Å². The Labute approximate surface area is 94.0 Å². The van der Waals surface area contributed by atoms with Crippen molar-refractivity contribution in [3.8, 4) is 5.75 Å². The monoisotopic (exact) mass is 218 g/mol. The molecule has 0 radical (unpaired) electrons. The molecule has 1 unspecified atom stereocenters. The summed E-state index contributed by atoms with van der Waals surface area (Å²) in [6.45, 7) is 1.67. The van der Waals surface area contributed by atoms with Crippen molar-refractivity contribution in [1.82, 2.24) is 0 Å². The number of carbonyl (C=O) groups is 1. The van der Waals surface area contributed by atoms with Gasteiger partial charge >= 0.3 is 5.97 Å². The third kappa shape index (κ3) is 1.69. The van der Waals surface area contributed by atoms with Gasteiger partial charge in [0.25, 0.3) is 0 Å². The third-order valence-electron chi connectivity index (χ3n) is 3.06. The molecule has 0 heterocycles. The number of rotatable bonds is 2. The number of phenols is 1. The van der Waals surface area contributed by atoms with Crippen LogP contribution in [-0.4, -0.2) is 16.2 Å². The molecule has 0 saturated heterocycles. The molecule has 0 aliphatic heterocycles. The van der Waals surface area contributed by atoms with E-state index in [2.05, 4.69) is 0 Å². The first-order valence-electron chi connectivity index (χ1n) is 5.35. The van der Waals surface area contributed by atoms with E-state index in [9.17, 15) is 9.90 Å². The van der Waals surface area contributed by atoms with Crippen molar-refractivity contribution < 1.29 is 15.0 Å². The molecule has 1 aromatic rings. The summed E-state index contributed by atoms with van der Waals surface area (Å²) in [6, 6.07) is 5.27. The highest BCUT2D eigenvalue weighted by Gasteiger charge is 2.23. The minimum Gasteiger partial charge on any atom is -0.508 e. The number of benzene rings is 1. The smallest absolute Gasteiger partial charge is 0.310 e. The summed E-state index contributed by atoms with van der Waals surface area (Å²) < 4.78 is 0. The summed E-state index contributed by atoms with van der Waals surface area (Å²) in [7, 11) is 0. The number of carboxylic acids is 1. The number of aliphatic carboxylic acids is 1. The maximum Gasteiger partial charge on any atom is 0.310 e. The number of allylic oxidation sites excluding steroid dienone is 1. The van der Waals surface area contributed by atoms with Crippen LogP contribution in [0.2, 0.25) is 0 Å². The molecule has 3 heteroatoms. The van der Waals surface area contributed by atoms with Crippen LogP contribution in [0.4, 0.5) is 0 Å². The van der Waals surface area contributed by atoms with Gasteiger partial charge in [-0.25, -0.2) is 0 Å². The Hall–Kier alpha value is -1.77. The molecule has 84 valence electrons. The fraction of sp³-hybridized carbons (Fsp3) is 0.308. The van der Waals surface area contributed by atoms with Gasteiger partial charge in [0.05, 0.1) is 5.92 Å². The van der Waals surface area contributed by atoms with Crippen molar-refractivity contribution >= 4 is 11.5 Å². The minimum absolute atomic E-state index is 0.265. The minimum atomic E-state index is -0.831. The molecule has 0 bridgehead atoms. The van der Waals surface area contributed by atoms with Gasteiger partial charge in [-0.2, -0.15) is 0 Å². The van der Waals surface area contributed by atoms with Crippen LogP contribution in [0.5, 0.6) is 5.75 Å². The van der Waals surface area contributed by atoms with Crippen LogP contribution in [0.3, 0.4) is 0 Å². The second-order valence-corrected chi connectivity index (χ2v) is 4.06. The molecule has 0 amide bonds. The molecule has 2 rings (SSSR count). The van der Waals surface area contributed by atoms with E-state index in [1.807, 2.05) is 12.1 Å². The fourth-order valence-corrected chi connectivity index (χ4v) is 2.13. The van der Waals surface area contributed by atoms with E-state index < -0.39 is 11.9 Å². The van der Waals surface area contributed by atoms with Crippen LogP contribution in [0.15, 0.2) is 24.3 Å². The zero-order valence-corrected chi connectivity index (χ0v) is 9.10. The molecular weight excluding hydrogens is 204 g/mol. The van der Waals surface area contributed by atoms with Crippen LogP contribution >= 0.6 is 0 Å². The van der Waals surface area contributed by atoms with Gasteiger partial charge in [-0.15, -0.1) is 0 Å². The predicted molar refractivity (Wildman–Crippen MR) is 61.2 cm³/mol. The summed E-state index contributed by atoms with van der Waals surface area (Å²) in [5.41, 5.74) is 2.55. The van der Waals surface area contributed by atoms with Crippen LogP contribution in [0.1, 0.15) is 24.5 Å². The molecular formula is C13H14O3. The summed E-state index contributed by atoms with van der Waals surface area (Å²) in [6.07, 6.45) is 3.52. The Morgan fingerprint density at radius 3 is 2.88 bits per heavy atom. The van der Waals surface area contributed by atoms with E-state index in [4.69, 9.17) is 5.11 Å². The molecule has 1 aromatic carbocycles. The maximum atomic E-state index is 11.0. The average Bonchev–Trinajstić information content (AvgIpc) is 2.28. The number of aromatic hydroxyl groups is 1. The van der Waals surface area contributed by atoms with Gasteiger partial charge < -0.3 is 10.2 Å². The highest BCUT2D eigenvalue weighted by Crippen LogP contribution is 2.35. The third-order valence-corrected chi connectivity index (χ3v) is 3.06. The molecule has 0 aromatic heterocycles. The molecule has 1 aliphatic carbocycles. The number of hydrogen-bond acceptors (Lipinski definition) is 2. The quantitative estimate of drug-likeness (QED) is 0.801. The van der Waals surface area contributed by atoms with Gasteiger partial charge in [0.15, 0.2) is 0 Å². The SMILES string of the molecule is CC(C(=O)O)C1=CCCc2c(O)cccc21. The lowest BCUT2D eigenvalue weighted by Crippen LogP contribution is -2.14. The van der Waals surface area contributed by atoms with Crippen molar-refractivity contribution in [2.75, 3.05) is 0 Å². The van der Waals surface area contributed by atoms with Crippen LogP contribution < -0.4 is 0 Å². The van der Waals surface area contributed by atoms with Crippen LogP contribution in [-0.2, 0) is 11.2 Å². The highest BCUT2D eigenvalue weighted by atomic mass is 16.4. The van der Waals surface area contributed by atoms with Crippen LogP contribution in [0.25, 0.3) is 5.57 Å². The van der Waals surface area contributed by atoms with Gasteiger partial charge in [-0.1, -0.05) is 18.2 Å². The molecule has 0 spiro atoms. The Kier molecular flexibility index (Phi) is 2.69. The van der Waals surface area contributed by atoms with E-state index in [0.29, 0.717) is 0 Å². The first-order valence-corrected chi connectivity index (χ1v) is 5.35. The van der Waals surface area contributed by atoms with E-state index in [1.54, 1.807) is 19.1 Å².